The van der Waals surface area contributed by atoms with E-state index in [1.54, 1.807) is 32.2 Å². The maximum atomic E-state index is 12.4. The molecule has 108 valence electrons. The van der Waals surface area contributed by atoms with Gasteiger partial charge in [-0.3, -0.25) is 19.2 Å². The molecule has 1 aromatic carbocycles. The Kier molecular flexibility index (Phi) is 2.98. The van der Waals surface area contributed by atoms with Crippen LogP contribution in [0, 0.1) is 6.92 Å². The lowest BCUT2D eigenvalue weighted by Gasteiger charge is -2.13. The molecule has 0 unspecified atom stereocenters. The summed E-state index contributed by atoms with van der Waals surface area (Å²) >= 11 is 6.16. The first-order valence-corrected chi connectivity index (χ1v) is 6.72. The SMILES string of the molecule is Cc1nn(C)c(Cl)c1CN1C(=O)c2cccc(N)c2C1=O. The van der Waals surface area contributed by atoms with Crippen LogP contribution in [0.2, 0.25) is 5.15 Å². The molecule has 0 radical (unpaired) electrons. The summed E-state index contributed by atoms with van der Waals surface area (Å²) in [5.74, 6) is -0.756. The number of rotatable bonds is 2. The molecule has 0 fully saturated rings. The van der Waals surface area contributed by atoms with Crippen LogP contribution in [0.3, 0.4) is 0 Å². The van der Waals surface area contributed by atoms with E-state index >= 15 is 0 Å². The van der Waals surface area contributed by atoms with Gasteiger partial charge in [-0.2, -0.15) is 5.10 Å². The number of amides is 2. The zero-order chi connectivity index (χ0) is 15.3. The molecule has 0 saturated heterocycles. The highest BCUT2D eigenvalue weighted by atomic mass is 35.5. The number of anilines is 1. The van der Waals surface area contributed by atoms with Gasteiger partial charge in [0.2, 0.25) is 0 Å². The number of carbonyl (C=O) groups excluding carboxylic acids is 2. The van der Waals surface area contributed by atoms with Gasteiger partial charge in [0, 0.05) is 18.3 Å². The highest BCUT2D eigenvalue weighted by Gasteiger charge is 2.37. The number of fused-ring (bicyclic) bond motifs is 1. The van der Waals surface area contributed by atoms with E-state index in [1.807, 2.05) is 0 Å². The Bertz CT molecular complexity index is 782. The van der Waals surface area contributed by atoms with Gasteiger partial charge in [0.15, 0.2) is 0 Å². The summed E-state index contributed by atoms with van der Waals surface area (Å²) in [6.07, 6.45) is 0. The van der Waals surface area contributed by atoms with Crippen LogP contribution in [0.25, 0.3) is 0 Å². The lowest BCUT2D eigenvalue weighted by atomic mass is 10.1. The Hall–Kier alpha value is -2.34. The fourth-order valence-corrected chi connectivity index (χ4v) is 2.75. The van der Waals surface area contributed by atoms with E-state index in [9.17, 15) is 9.59 Å². The molecule has 0 saturated carbocycles. The molecule has 7 heteroatoms. The second-order valence-electron chi connectivity index (χ2n) is 4.94. The van der Waals surface area contributed by atoms with E-state index in [2.05, 4.69) is 5.10 Å². The lowest BCUT2D eigenvalue weighted by molar-refractivity contribution is 0.0642. The number of nitrogens with two attached hydrogens (primary N) is 1. The predicted octanol–water partition coefficient (Wildman–Crippen LogP) is 1.76. The molecule has 2 heterocycles. The quantitative estimate of drug-likeness (QED) is 0.677. The highest BCUT2D eigenvalue weighted by molar-refractivity contribution is 6.30. The molecule has 0 bridgehead atoms. The fraction of sp³-hybridized carbons (Fsp3) is 0.214. The van der Waals surface area contributed by atoms with Crippen LogP contribution in [0.4, 0.5) is 5.69 Å². The third-order valence-corrected chi connectivity index (χ3v) is 4.09. The van der Waals surface area contributed by atoms with Crippen molar-refractivity contribution in [3.8, 4) is 0 Å². The number of imide groups is 1. The van der Waals surface area contributed by atoms with Crippen LogP contribution >= 0.6 is 11.6 Å². The number of aromatic nitrogens is 2. The summed E-state index contributed by atoms with van der Waals surface area (Å²) < 4.78 is 1.51. The summed E-state index contributed by atoms with van der Waals surface area (Å²) in [6, 6.07) is 4.87. The molecule has 21 heavy (non-hydrogen) atoms. The van der Waals surface area contributed by atoms with Crippen molar-refractivity contribution in [2.75, 3.05) is 5.73 Å². The van der Waals surface area contributed by atoms with E-state index in [0.29, 0.717) is 27.7 Å². The van der Waals surface area contributed by atoms with Gasteiger partial charge in [0.25, 0.3) is 11.8 Å². The van der Waals surface area contributed by atoms with Gasteiger partial charge in [-0.15, -0.1) is 0 Å². The molecule has 1 aliphatic heterocycles. The van der Waals surface area contributed by atoms with Gasteiger partial charge < -0.3 is 5.73 Å². The Morgan fingerprint density at radius 3 is 2.57 bits per heavy atom. The minimum atomic E-state index is -0.396. The number of benzene rings is 1. The van der Waals surface area contributed by atoms with Crippen molar-refractivity contribution < 1.29 is 9.59 Å². The fourth-order valence-electron chi connectivity index (χ4n) is 2.51. The van der Waals surface area contributed by atoms with Crippen molar-refractivity contribution in [2.45, 2.75) is 13.5 Å². The number of hydrogen-bond donors (Lipinski definition) is 1. The van der Waals surface area contributed by atoms with E-state index in [-0.39, 0.29) is 18.0 Å². The smallest absolute Gasteiger partial charge is 0.263 e. The summed E-state index contributed by atoms with van der Waals surface area (Å²) in [5, 5.41) is 4.59. The minimum absolute atomic E-state index is 0.0876. The first-order valence-electron chi connectivity index (χ1n) is 6.34. The molecule has 2 N–H and O–H groups in total. The van der Waals surface area contributed by atoms with E-state index < -0.39 is 5.91 Å². The summed E-state index contributed by atoms with van der Waals surface area (Å²) in [5.41, 5.74) is 8.05. The Morgan fingerprint density at radius 1 is 1.29 bits per heavy atom. The number of halogens is 1. The largest absolute Gasteiger partial charge is 0.398 e. The minimum Gasteiger partial charge on any atom is -0.398 e. The lowest BCUT2D eigenvalue weighted by Crippen LogP contribution is -2.29. The maximum Gasteiger partial charge on any atom is 0.263 e. The molecular formula is C14H13ClN4O2. The third kappa shape index (κ3) is 1.91. The second kappa shape index (κ2) is 4.60. The van der Waals surface area contributed by atoms with Crippen molar-refractivity contribution in [3.63, 3.8) is 0 Å². The van der Waals surface area contributed by atoms with Crippen molar-refractivity contribution in [1.82, 2.24) is 14.7 Å². The molecule has 1 aliphatic rings. The predicted molar refractivity (Wildman–Crippen MR) is 78.0 cm³/mol. The normalized spacial score (nSPS) is 14.0. The van der Waals surface area contributed by atoms with Crippen LogP contribution < -0.4 is 5.73 Å². The average Bonchev–Trinajstić information content (AvgIpc) is 2.82. The summed E-state index contributed by atoms with van der Waals surface area (Å²) in [7, 11) is 1.71. The zero-order valence-corrected chi connectivity index (χ0v) is 12.3. The molecule has 0 aliphatic carbocycles. The van der Waals surface area contributed by atoms with Crippen LogP contribution in [-0.4, -0.2) is 26.5 Å². The Labute approximate surface area is 126 Å². The molecule has 2 aromatic rings. The standard InChI is InChI=1S/C14H13ClN4O2/c1-7-9(12(15)18(2)17-7)6-19-13(20)8-4-3-5-10(16)11(8)14(19)21/h3-5H,6,16H2,1-2H3. The van der Waals surface area contributed by atoms with Gasteiger partial charge >= 0.3 is 0 Å². The van der Waals surface area contributed by atoms with E-state index in [1.165, 1.54) is 4.68 Å². The molecule has 0 atom stereocenters. The van der Waals surface area contributed by atoms with Gasteiger partial charge in [0.05, 0.1) is 23.4 Å². The molecule has 3 rings (SSSR count). The Balaban J connectivity index is 2.01. The second-order valence-corrected chi connectivity index (χ2v) is 5.30. The van der Waals surface area contributed by atoms with Gasteiger partial charge in [-0.05, 0) is 19.1 Å². The molecular weight excluding hydrogens is 292 g/mol. The van der Waals surface area contributed by atoms with Crippen molar-refractivity contribution in [1.29, 1.82) is 0 Å². The molecule has 0 spiro atoms. The summed E-state index contributed by atoms with van der Waals surface area (Å²) in [6.45, 7) is 1.87. The number of hydrogen-bond acceptors (Lipinski definition) is 4. The number of aryl methyl sites for hydroxylation is 2. The van der Waals surface area contributed by atoms with Crippen LogP contribution in [0.1, 0.15) is 32.0 Å². The highest BCUT2D eigenvalue weighted by Crippen LogP contribution is 2.30. The summed E-state index contributed by atoms with van der Waals surface area (Å²) in [4.78, 5) is 25.9. The Morgan fingerprint density at radius 2 is 2.00 bits per heavy atom. The van der Waals surface area contributed by atoms with Crippen molar-refractivity contribution >= 4 is 29.1 Å². The molecule has 2 amide bonds. The first-order chi connectivity index (χ1) is 9.91. The van der Waals surface area contributed by atoms with Crippen LogP contribution in [0.5, 0.6) is 0 Å². The third-order valence-electron chi connectivity index (χ3n) is 3.62. The number of carbonyl (C=O) groups is 2. The van der Waals surface area contributed by atoms with Crippen LogP contribution in [-0.2, 0) is 13.6 Å². The van der Waals surface area contributed by atoms with Crippen LogP contribution in [0.15, 0.2) is 18.2 Å². The maximum absolute atomic E-state index is 12.4. The average molecular weight is 305 g/mol. The number of nitrogens with zero attached hydrogens (tertiary/aromatic N) is 3. The van der Waals surface area contributed by atoms with Crippen molar-refractivity contribution in [2.24, 2.45) is 7.05 Å². The van der Waals surface area contributed by atoms with E-state index in [0.717, 1.165) is 4.90 Å². The van der Waals surface area contributed by atoms with Gasteiger partial charge in [0.1, 0.15) is 5.15 Å². The van der Waals surface area contributed by atoms with E-state index in [4.69, 9.17) is 17.3 Å². The molecule has 6 nitrogen and oxygen atoms in total. The van der Waals surface area contributed by atoms with Gasteiger partial charge in [-0.25, -0.2) is 0 Å². The number of nitrogen functional groups attached to an aromatic ring is 1. The van der Waals surface area contributed by atoms with Crippen molar-refractivity contribution in [3.05, 3.63) is 45.7 Å². The topological polar surface area (TPSA) is 81.2 Å². The van der Waals surface area contributed by atoms with Gasteiger partial charge in [-0.1, -0.05) is 17.7 Å². The zero-order valence-electron chi connectivity index (χ0n) is 11.6. The first kappa shape index (κ1) is 13.6. The monoisotopic (exact) mass is 304 g/mol. The molecule has 1 aromatic heterocycles.